The molecule has 0 bridgehead atoms. The second kappa shape index (κ2) is 6.19. The highest BCUT2D eigenvalue weighted by Gasteiger charge is 2.03. The fourth-order valence-electron chi connectivity index (χ4n) is 1.44. The van der Waals surface area contributed by atoms with Crippen LogP contribution in [0.5, 0.6) is 5.75 Å². The molecule has 1 rings (SSSR count). The van der Waals surface area contributed by atoms with Crippen LogP contribution >= 0.6 is 0 Å². The summed E-state index contributed by atoms with van der Waals surface area (Å²) in [6.45, 7) is 0.867. The van der Waals surface area contributed by atoms with Gasteiger partial charge in [0, 0.05) is 12.8 Å². The van der Waals surface area contributed by atoms with Crippen LogP contribution in [0.1, 0.15) is 18.4 Å². The molecule has 82 valence electrons. The molecule has 0 fully saturated rings. The maximum atomic E-state index is 11.5. The molecule has 2 N–H and O–H groups in total. The molecule has 0 heterocycles. The van der Waals surface area contributed by atoms with E-state index in [1.165, 1.54) is 0 Å². The van der Waals surface area contributed by atoms with Gasteiger partial charge in [-0.05, 0) is 37.7 Å². The first-order chi connectivity index (χ1) is 7.22. The highest BCUT2D eigenvalue weighted by Crippen LogP contribution is 2.12. The van der Waals surface area contributed by atoms with Gasteiger partial charge in [-0.1, -0.05) is 12.1 Å². The average Bonchev–Trinajstić information content (AvgIpc) is 2.18. The summed E-state index contributed by atoms with van der Waals surface area (Å²) in [5.74, 6) is 0.436. The van der Waals surface area contributed by atoms with E-state index in [-0.39, 0.29) is 11.5 Å². The number of carbonyl (C=O) groups excluding carboxylic acids is 1. The number of phenolic OH excluding ortho intramolecular Hbond substituents is 1. The summed E-state index contributed by atoms with van der Waals surface area (Å²) in [7, 11) is 1.87. The highest BCUT2D eigenvalue weighted by atomic mass is 16.3. The maximum Gasteiger partial charge on any atom is 0.137 e. The van der Waals surface area contributed by atoms with Crippen LogP contribution in [0.15, 0.2) is 24.3 Å². The first-order valence-corrected chi connectivity index (χ1v) is 5.16. The minimum absolute atomic E-state index is 0.218. The van der Waals surface area contributed by atoms with E-state index in [1.54, 1.807) is 18.2 Å². The van der Waals surface area contributed by atoms with Crippen LogP contribution in [0.25, 0.3) is 0 Å². The van der Waals surface area contributed by atoms with E-state index in [9.17, 15) is 9.90 Å². The van der Waals surface area contributed by atoms with Crippen molar-refractivity contribution in [2.24, 2.45) is 0 Å². The van der Waals surface area contributed by atoms with E-state index in [0.29, 0.717) is 12.8 Å². The number of hydrogen-bond acceptors (Lipinski definition) is 3. The number of aromatic hydroxyl groups is 1. The van der Waals surface area contributed by atoms with Crippen LogP contribution in [0.2, 0.25) is 0 Å². The predicted octanol–water partition coefficient (Wildman–Crippen LogP) is 1.50. The summed E-state index contributed by atoms with van der Waals surface area (Å²) in [5, 5.41) is 12.2. The lowest BCUT2D eigenvalue weighted by molar-refractivity contribution is -0.118. The van der Waals surface area contributed by atoms with Crippen molar-refractivity contribution in [3.05, 3.63) is 29.8 Å². The SMILES string of the molecule is CNCCCC(=O)Cc1cccc(O)c1. The van der Waals surface area contributed by atoms with Crippen LogP contribution in [0.3, 0.4) is 0 Å². The van der Waals surface area contributed by atoms with E-state index >= 15 is 0 Å². The van der Waals surface area contributed by atoms with E-state index < -0.39 is 0 Å². The minimum atomic E-state index is 0.218. The second-order valence-corrected chi connectivity index (χ2v) is 3.59. The first-order valence-electron chi connectivity index (χ1n) is 5.16. The predicted molar refractivity (Wildman–Crippen MR) is 60.0 cm³/mol. The Kier molecular flexibility index (Phi) is 4.84. The van der Waals surface area contributed by atoms with Gasteiger partial charge in [-0.15, -0.1) is 0 Å². The molecule has 0 radical (unpaired) electrons. The molecule has 0 aliphatic rings. The Morgan fingerprint density at radius 1 is 1.47 bits per heavy atom. The largest absolute Gasteiger partial charge is 0.508 e. The maximum absolute atomic E-state index is 11.5. The van der Waals surface area contributed by atoms with Crippen molar-refractivity contribution in [1.82, 2.24) is 5.32 Å². The quantitative estimate of drug-likeness (QED) is 0.695. The van der Waals surface area contributed by atoms with Crippen molar-refractivity contribution in [2.75, 3.05) is 13.6 Å². The highest BCUT2D eigenvalue weighted by molar-refractivity contribution is 5.80. The Balaban J connectivity index is 2.37. The molecule has 3 nitrogen and oxygen atoms in total. The van der Waals surface area contributed by atoms with Crippen molar-refractivity contribution >= 4 is 5.78 Å². The average molecular weight is 207 g/mol. The third-order valence-electron chi connectivity index (χ3n) is 2.19. The fourth-order valence-corrected chi connectivity index (χ4v) is 1.44. The number of benzene rings is 1. The molecule has 1 aromatic carbocycles. The Labute approximate surface area is 90.1 Å². The van der Waals surface area contributed by atoms with Gasteiger partial charge in [0.15, 0.2) is 0 Å². The zero-order valence-electron chi connectivity index (χ0n) is 8.99. The van der Waals surface area contributed by atoms with Gasteiger partial charge in [-0.2, -0.15) is 0 Å². The molecule has 0 aliphatic carbocycles. The smallest absolute Gasteiger partial charge is 0.137 e. The lowest BCUT2D eigenvalue weighted by Crippen LogP contribution is -2.11. The van der Waals surface area contributed by atoms with Gasteiger partial charge in [-0.3, -0.25) is 4.79 Å². The lowest BCUT2D eigenvalue weighted by Gasteiger charge is -2.02. The van der Waals surface area contributed by atoms with Gasteiger partial charge in [0.05, 0.1) is 0 Å². The van der Waals surface area contributed by atoms with Gasteiger partial charge in [0.1, 0.15) is 11.5 Å². The Morgan fingerprint density at radius 3 is 2.93 bits per heavy atom. The van der Waals surface area contributed by atoms with Crippen molar-refractivity contribution in [1.29, 1.82) is 0 Å². The van der Waals surface area contributed by atoms with Crippen molar-refractivity contribution in [3.63, 3.8) is 0 Å². The lowest BCUT2D eigenvalue weighted by atomic mass is 10.1. The molecule has 15 heavy (non-hydrogen) atoms. The number of ketones is 1. The Bertz CT molecular complexity index is 323. The van der Waals surface area contributed by atoms with E-state index in [0.717, 1.165) is 18.5 Å². The Morgan fingerprint density at radius 2 is 2.27 bits per heavy atom. The number of rotatable bonds is 6. The summed E-state index contributed by atoms with van der Waals surface area (Å²) in [6.07, 6.45) is 1.88. The molecule has 0 saturated heterocycles. The molecule has 0 spiro atoms. The number of Topliss-reactive ketones (excluding diaryl/α,β-unsaturated/α-hetero) is 1. The molecule has 0 saturated carbocycles. The topological polar surface area (TPSA) is 49.3 Å². The summed E-state index contributed by atoms with van der Waals surface area (Å²) >= 11 is 0. The summed E-state index contributed by atoms with van der Waals surface area (Å²) in [5.41, 5.74) is 0.879. The zero-order valence-corrected chi connectivity index (χ0v) is 8.99. The van der Waals surface area contributed by atoms with E-state index in [4.69, 9.17) is 0 Å². The summed E-state index contributed by atoms with van der Waals surface area (Å²) in [4.78, 5) is 11.5. The van der Waals surface area contributed by atoms with Crippen molar-refractivity contribution in [2.45, 2.75) is 19.3 Å². The normalized spacial score (nSPS) is 10.2. The van der Waals surface area contributed by atoms with Crippen LogP contribution in [0, 0.1) is 0 Å². The van der Waals surface area contributed by atoms with Gasteiger partial charge < -0.3 is 10.4 Å². The van der Waals surface area contributed by atoms with Crippen LogP contribution < -0.4 is 5.32 Å². The number of carbonyl (C=O) groups is 1. The number of hydrogen-bond donors (Lipinski definition) is 2. The van der Waals surface area contributed by atoms with Gasteiger partial charge in [0.25, 0.3) is 0 Å². The molecule has 0 aliphatic heterocycles. The summed E-state index contributed by atoms with van der Waals surface area (Å²) in [6, 6.07) is 6.85. The number of phenols is 1. The molecule has 0 unspecified atom stereocenters. The third kappa shape index (κ3) is 4.61. The van der Waals surface area contributed by atoms with Gasteiger partial charge >= 0.3 is 0 Å². The monoisotopic (exact) mass is 207 g/mol. The molecule has 1 aromatic rings. The Hall–Kier alpha value is -1.35. The van der Waals surface area contributed by atoms with Crippen molar-refractivity contribution in [3.8, 4) is 5.75 Å². The van der Waals surface area contributed by atoms with Crippen LogP contribution in [-0.2, 0) is 11.2 Å². The zero-order chi connectivity index (χ0) is 11.1. The summed E-state index contributed by atoms with van der Waals surface area (Å²) < 4.78 is 0. The minimum Gasteiger partial charge on any atom is -0.508 e. The van der Waals surface area contributed by atoms with Crippen LogP contribution in [0.4, 0.5) is 0 Å². The molecule has 0 amide bonds. The van der Waals surface area contributed by atoms with E-state index in [2.05, 4.69) is 5.32 Å². The van der Waals surface area contributed by atoms with E-state index in [1.807, 2.05) is 13.1 Å². The molecule has 3 heteroatoms. The van der Waals surface area contributed by atoms with Crippen LogP contribution in [-0.4, -0.2) is 24.5 Å². The van der Waals surface area contributed by atoms with Crippen molar-refractivity contribution < 1.29 is 9.90 Å². The standard InChI is InChI=1S/C12H17NO2/c1-13-7-3-6-12(15)9-10-4-2-5-11(14)8-10/h2,4-5,8,13-14H,3,6-7,9H2,1H3. The molecular formula is C12H17NO2. The first kappa shape index (κ1) is 11.7. The second-order valence-electron chi connectivity index (χ2n) is 3.59. The fraction of sp³-hybridized carbons (Fsp3) is 0.417. The molecule has 0 atom stereocenters. The molecule has 0 aromatic heterocycles. The van der Waals surface area contributed by atoms with Gasteiger partial charge in [0.2, 0.25) is 0 Å². The number of nitrogens with one attached hydrogen (secondary N) is 1. The molecular weight excluding hydrogens is 190 g/mol. The third-order valence-corrected chi connectivity index (χ3v) is 2.19. The van der Waals surface area contributed by atoms with Gasteiger partial charge in [-0.25, -0.2) is 0 Å².